The van der Waals surface area contributed by atoms with Gasteiger partial charge in [-0.05, 0) is 12.8 Å². The molecule has 1 N–H and O–H groups in total. The predicted octanol–water partition coefficient (Wildman–Crippen LogP) is 17.3. The summed E-state index contributed by atoms with van der Waals surface area (Å²) in [6.45, 7) is 3.42. The summed E-state index contributed by atoms with van der Waals surface area (Å²) in [4.78, 5) is 21.8. The maximum atomic E-state index is 11.3. The maximum absolute atomic E-state index is 11.3. The highest BCUT2D eigenvalue weighted by Crippen LogP contribution is 2.18. The van der Waals surface area contributed by atoms with E-state index >= 15 is 0 Å². The molecule has 0 amide bonds. The summed E-state index contributed by atoms with van der Waals surface area (Å²) in [5, 5.41) is 8.66. The van der Waals surface area contributed by atoms with Gasteiger partial charge in [0.25, 0.3) is 0 Å². The Kier molecular flexibility index (Phi) is 45.7. The van der Waals surface area contributed by atoms with Gasteiger partial charge in [-0.3, -0.25) is 9.59 Å². The van der Waals surface area contributed by atoms with Crippen LogP contribution in [-0.4, -0.2) is 17.0 Å². The Morgan fingerprint density at radius 2 is 0.453 bits per heavy atom. The van der Waals surface area contributed by atoms with Crippen molar-refractivity contribution in [2.24, 2.45) is 0 Å². The first-order chi connectivity index (χ1) is 26.2. The molecule has 0 radical (unpaired) electrons. The lowest BCUT2D eigenvalue weighted by atomic mass is 10.0. The summed E-state index contributed by atoms with van der Waals surface area (Å²) in [6, 6.07) is 0. The summed E-state index contributed by atoms with van der Waals surface area (Å²) in [7, 11) is 0. The van der Waals surface area contributed by atoms with E-state index in [0.717, 1.165) is 25.7 Å². The highest BCUT2D eigenvalue weighted by Gasteiger charge is 2.01. The fraction of sp³-hybridized carbons (Fsp3) is 0.918. The van der Waals surface area contributed by atoms with E-state index in [1.165, 1.54) is 257 Å². The fourth-order valence-corrected chi connectivity index (χ4v) is 7.95. The largest absolute Gasteiger partial charge is 0.481 e. The third-order valence-electron chi connectivity index (χ3n) is 11.5. The quantitative estimate of drug-likeness (QED) is 0.0383. The number of carboxylic acids is 1. The molecule has 53 heavy (non-hydrogen) atoms. The molecule has 0 aliphatic heterocycles. The Balaban J connectivity index is 3.07. The zero-order valence-electron chi connectivity index (χ0n) is 35.8. The minimum absolute atomic E-state index is 0.146. The van der Waals surface area contributed by atoms with Crippen molar-refractivity contribution in [2.75, 3.05) is 0 Å². The zero-order chi connectivity index (χ0) is 38.4. The molecule has 0 atom stereocenters. The van der Waals surface area contributed by atoms with Crippen molar-refractivity contribution < 1.29 is 19.4 Å². The van der Waals surface area contributed by atoms with Gasteiger partial charge in [-0.2, -0.15) is 0 Å². The summed E-state index contributed by atoms with van der Waals surface area (Å²) in [5.74, 6) is -0.796. The number of aliphatic carboxylic acids is 1. The molecule has 0 aromatic carbocycles. The van der Waals surface area contributed by atoms with E-state index in [2.05, 4.69) is 6.58 Å². The molecule has 314 valence electrons. The lowest BCUT2D eigenvalue weighted by Gasteiger charge is -2.05. The van der Waals surface area contributed by atoms with Crippen LogP contribution in [0.15, 0.2) is 12.8 Å². The first-order valence-corrected chi connectivity index (χ1v) is 24.2. The van der Waals surface area contributed by atoms with Crippen LogP contribution >= 0.6 is 0 Å². The van der Waals surface area contributed by atoms with Gasteiger partial charge in [0.2, 0.25) is 0 Å². The van der Waals surface area contributed by atoms with Crippen LogP contribution in [0.25, 0.3) is 0 Å². The first-order valence-electron chi connectivity index (χ1n) is 24.2. The summed E-state index contributed by atoms with van der Waals surface area (Å²) in [6.07, 6.45) is 61.5. The van der Waals surface area contributed by atoms with Gasteiger partial charge in [0.15, 0.2) is 0 Å². The van der Waals surface area contributed by atoms with Crippen LogP contribution in [0, 0.1) is 0 Å². The van der Waals surface area contributed by atoms with Gasteiger partial charge >= 0.3 is 11.9 Å². The van der Waals surface area contributed by atoms with Crippen LogP contribution in [0.2, 0.25) is 0 Å². The predicted molar refractivity (Wildman–Crippen MR) is 232 cm³/mol. The van der Waals surface area contributed by atoms with E-state index in [9.17, 15) is 9.59 Å². The van der Waals surface area contributed by atoms with Gasteiger partial charge in [-0.25, -0.2) is 0 Å². The molecule has 4 nitrogen and oxygen atoms in total. The number of esters is 1. The zero-order valence-corrected chi connectivity index (χ0v) is 35.8. The van der Waals surface area contributed by atoms with Gasteiger partial charge in [-0.1, -0.05) is 270 Å². The Labute approximate surface area is 332 Å². The molecule has 0 spiro atoms. The topological polar surface area (TPSA) is 63.6 Å². The van der Waals surface area contributed by atoms with Crippen molar-refractivity contribution in [3.8, 4) is 0 Å². The molecular weight excluding hydrogens is 653 g/mol. The summed E-state index contributed by atoms with van der Waals surface area (Å²) >= 11 is 0. The van der Waals surface area contributed by atoms with Crippen molar-refractivity contribution >= 4 is 11.9 Å². The van der Waals surface area contributed by atoms with Crippen LogP contribution in [0.4, 0.5) is 0 Å². The van der Waals surface area contributed by atoms with Crippen molar-refractivity contribution in [3.63, 3.8) is 0 Å². The van der Waals surface area contributed by atoms with E-state index in [0.29, 0.717) is 12.8 Å². The fourth-order valence-electron chi connectivity index (χ4n) is 7.95. The highest BCUT2D eigenvalue weighted by molar-refractivity contribution is 5.69. The second kappa shape index (κ2) is 46.8. The van der Waals surface area contributed by atoms with Gasteiger partial charge in [0.1, 0.15) is 0 Å². The second-order valence-corrected chi connectivity index (χ2v) is 16.8. The molecule has 0 aromatic heterocycles. The molecule has 4 heteroatoms. The normalized spacial score (nSPS) is 11.3. The molecule has 0 heterocycles. The lowest BCUT2D eigenvalue weighted by molar-refractivity contribution is -0.138. The number of hydrogen-bond acceptors (Lipinski definition) is 3. The molecule has 0 saturated carbocycles. The molecule has 0 fully saturated rings. The molecular formula is C49H94O4. The Morgan fingerprint density at radius 3 is 0.604 bits per heavy atom. The van der Waals surface area contributed by atoms with Crippen LogP contribution in [0.1, 0.15) is 289 Å². The summed E-state index contributed by atoms with van der Waals surface area (Å²) in [5.41, 5.74) is 0. The third-order valence-corrected chi connectivity index (χ3v) is 11.5. The van der Waals surface area contributed by atoms with Crippen LogP contribution in [0.3, 0.4) is 0 Å². The number of unbranched alkanes of at least 4 members (excludes halogenated alkanes) is 42. The Hall–Kier alpha value is -1.32. The van der Waals surface area contributed by atoms with Crippen molar-refractivity contribution in [2.45, 2.75) is 289 Å². The van der Waals surface area contributed by atoms with Crippen LogP contribution in [0.5, 0.6) is 0 Å². The maximum Gasteiger partial charge on any atom is 0.310 e. The Morgan fingerprint density at radius 1 is 0.302 bits per heavy atom. The standard InChI is InChI=1S/C49H94O4/c1-2-53-49(52)47-45-43-41-39-37-35-33-31-29-27-25-23-21-19-17-15-13-11-9-7-5-3-4-6-8-10-12-14-16-18-20-22-24-26-28-30-32-34-36-38-40-42-44-46-48(50)51/h2H,1,3-47H2,(H,50,51). The molecule has 0 bridgehead atoms. The van der Waals surface area contributed by atoms with E-state index < -0.39 is 5.97 Å². The minimum Gasteiger partial charge on any atom is -0.481 e. The number of carbonyl (C=O) groups is 2. The SMILES string of the molecule is C=COC(=O)CCCCCCCCCCCCCCCCCCCCCCCCCCCCCCCCCCCCCCCCCCCCCC(=O)O. The summed E-state index contributed by atoms with van der Waals surface area (Å²) < 4.78 is 4.75. The molecule has 0 rings (SSSR count). The minimum atomic E-state index is -0.650. The van der Waals surface area contributed by atoms with Gasteiger partial charge in [-0.15, -0.1) is 0 Å². The number of carbonyl (C=O) groups excluding carboxylic acids is 1. The second-order valence-electron chi connectivity index (χ2n) is 16.8. The van der Waals surface area contributed by atoms with Crippen molar-refractivity contribution in [1.29, 1.82) is 0 Å². The Bertz CT molecular complexity index is 734. The lowest BCUT2D eigenvalue weighted by Crippen LogP contribution is -1.98. The van der Waals surface area contributed by atoms with E-state index in [1.807, 2.05) is 0 Å². The average molecular weight is 747 g/mol. The monoisotopic (exact) mass is 747 g/mol. The third kappa shape index (κ3) is 48.7. The van der Waals surface area contributed by atoms with Gasteiger partial charge < -0.3 is 9.84 Å². The van der Waals surface area contributed by atoms with Crippen molar-refractivity contribution in [1.82, 2.24) is 0 Å². The molecule has 0 aromatic rings. The molecule has 0 aliphatic carbocycles. The number of rotatable bonds is 47. The van der Waals surface area contributed by atoms with E-state index in [1.54, 1.807) is 0 Å². The number of hydrogen-bond donors (Lipinski definition) is 1. The number of carboxylic acid groups (broad SMARTS) is 1. The number of ether oxygens (including phenoxy) is 1. The molecule has 0 unspecified atom stereocenters. The molecule has 0 aliphatic rings. The van der Waals surface area contributed by atoms with Crippen LogP contribution < -0.4 is 0 Å². The molecule has 0 saturated heterocycles. The van der Waals surface area contributed by atoms with Gasteiger partial charge in [0, 0.05) is 12.8 Å². The van der Waals surface area contributed by atoms with E-state index in [4.69, 9.17) is 9.84 Å². The van der Waals surface area contributed by atoms with Crippen LogP contribution in [-0.2, 0) is 14.3 Å². The van der Waals surface area contributed by atoms with Gasteiger partial charge in [0.05, 0.1) is 6.26 Å². The average Bonchev–Trinajstić information content (AvgIpc) is 3.14. The highest BCUT2D eigenvalue weighted by atomic mass is 16.5. The smallest absolute Gasteiger partial charge is 0.310 e. The van der Waals surface area contributed by atoms with Crippen molar-refractivity contribution in [3.05, 3.63) is 12.8 Å². The first kappa shape index (κ1) is 51.7. The van der Waals surface area contributed by atoms with E-state index in [-0.39, 0.29) is 5.97 Å².